The summed E-state index contributed by atoms with van der Waals surface area (Å²) in [6.45, 7) is 23.1. The highest BCUT2D eigenvalue weighted by Gasteiger charge is 2.31. The number of halogens is 6. The van der Waals surface area contributed by atoms with Gasteiger partial charge in [0.1, 0.15) is 96.6 Å². The van der Waals surface area contributed by atoms with Crippen LogP contribution in [-0.2, 0) is 28.2 Å². The van der Waals surface area contributed by atoms with Crippen molar-refractivity contribution < 1.29 is 62.3 Å². The molecule has 14 heteroatoms. The van der Waals surface area contributed by atoms with E-state index >= 15 is 8.78 Å². The summed E-state index contributed by atoms with van der Waals surface area (Å²) in [5.41, 5.74) is 22.3. The molecular weight excluding hydrogens is 1450 g/mol. The average Bonchev–Trinajstić information content (AvgIpc) is 1.60. The predicted octanol–water partition coefficient (Wildman–Crippen LogP) is 26.2. The lowest BCUT2D eigenvalue weighted by Gasteiger charge is -2.12. The van der Waals surface area contributed by atoms with Gasteiger partial charge < -0.3 is 17.7 Å². The summed E-state index contributed by atoms with van der Waals surface area (Å²) in [5.74, 6) is -1.08. The Morgan fingerprint density at radius 1 is 0.252 bits per heavy atom. The fourth-order valence-electron chi connectivity index (χ4n) is 17.5. The molecule has 0 aliphatic carbocycles. The summed E-state index contributed by atoms with van der Waals surface area (Å²) in [5, 5.41) is 11.2. The summed E-state index contributed by atoms with van der Waals surface area (Å²) in [6.07, 6.45) is 8.30. The Hall–Kier alpha value is -12.9. The lowest BCUT2D eigenvalue weighted by atomic mass is 9.94. The van der Waals surface area contributed by atoms with Gasteiger partial charge in [-0.1, -0.05) is 149 Å². The summed E-state index contributed by atoms with van der Waals surface area (Å²) in [6, 6.07) is 61.1. The number of hydrogen-bond donors (Lipinski definition) is 0. The molecule has 0 amide bonds. The standard InChI is InChI=1S/2C27H25FNO.C24H18F2NO.C23H16F2NO/c1-15(2)21-12-23(29(5)14-17(21)4)25-16(3)10-11-20-26-19-9-7-6-8-18(19)22(28)13-24(26)30-27(20)25;1-15(2)21-14-29(5)23(12-17(21)4)25-16(3)10-11-20-26-19-9-7-6-8-18(19)22(28)13-24(26)30-27(20)25;1-13-8-9-27(3)19(10-13)21-14(2)11-18(26)23-22-16-7-5-4-6-15(16)17(25)12-20(22)28-24(21)23;1-13-11-17(25)22-21-15-8-4-3-7-14(15)16(24)12-19(21)27-23(22)20(13)18-9-5-6-10-26(18)2/h2*6-15H,1-5H3;4-12H,1-3H3;3-12H,1-2H3/q4*+1. The minimum Gasteiger partial charge on any atom is -0.455 e. The van der Waals surface area contributed by atoms with Crippen LogP contribution in [0.25, 0.3) is 176 Å². The van der Waals surface area contributed by atoms with Gasteiger partial charge in [-0.2, -0.15) is 0 Å². The molecule has 20 rings (SSSR count). The lowest BCUT2D eigenvalue weighted by molar-refractivity contribution is -0.661. The minimum absolute atomic E-state index is 0.251. The van der Waals surface area contributed by atoms with Gasteiger partial charge in [-0.05, 0) is 139 Å². The zero-order chi connectivity index (χ0) is 80.6. The van der Waals surface area contributed by atoms with E-state index in [0.717, 1.165) is 116 Å². The monoisotopic (exact) mass is 1530 g/mol. The predicted molar refractivity (Wildman–Crippen MR) is 452 cm³/mol. The van der Waals surface area contributed by atoms with E-state index in [2.05, 4.69) is 127 Å². The van der Waals surface area contributed by atoms with Crippen molar-refractivity contribution in [1.29, 1.82) is 0 Å². The van der Waals surface area contributed by atoms with Crippen LogP contribution in [-0.4, -0.2) is 0 Å². The molecule has 0 spiro atoms. The summed E-state index contributed by atoms with van der Waals surface area (Å²) < 4.78 is 122. The second-order valence-electron chi connectivity index (χ2n) is 31.3. The van der Waals surface area contributed by atoms with E-state index in [9.17, 15) is 17.6 Å². The molecule has 0 saturated heterocycles. The number of benzene rings is 12. The molecule has 0 bridgehead atoms. The first kappa shape index (κ1) is 74.8. The third-order valence-electron chi connectivity index (χ3n) is 23.0. The number of aromatic nitrogens is 4. The molecule has 8 heterocycles. The number of fused-ring (bicyclic) bond motifs is 20. The van der Waals surface area contributed by atoms with E-state index < -0.39 is 0 Å². The summed E-state index contributed by atoms with van der Waals surface area (Å²) >= 11 is 0. The number of rotatable bonds is 6. The number of nitrogens with zero attached hydrogens (tertiary/aromatic N) is 4. The van der Waals surface area contributed by atoms with E-state index in [1.807, 2.05) is 147 Å². The maximum Gasteiger partial charge on any atom is 0.216 e. The first-order valence-electron chi connectivity index (χ1n) is 38.7. The summed E-state index contributed by atoms with van der Waals surface area (Å²) in [7, 11) is 8.03. The van der Waals surface area contributed by atoms with Crippen LogP contribution < -0.4 is 18.3 Å². The minimum atomic E-state index is -0.374. The molecule has 0 fully saturated rings. The van der Waals surface area contributed by atoms with Crippen molar-refractivity contribution in [3.05, 3.63) is 310 Å². The number of furan rings is 4. The van der Waals surface area contributed by atoms with Crippen molar-refractivity contribution in [1.82, 2.24) is 0 Å². The van der Waals surface area contributed by atoms with Gasteiger partial charge in [0, 0.05) is 126 Å². The first-order chi connectivity index (χ1) is 55.2. The van der Waals surface area contributed by atoms with Gasteiger partial charge in [0.25, 0.3) is 0 Å². The van der Waals surface area contributed by atoms with Crippen LogP contribution in [0.1, 0.15) is 89.6 Å². The lowest BCUT2D eigenvalue weighted by Crippen LogP contribution is -2.32. The molecule has 0 radical (unpaired) electrons. The molecule has 20 aromatic rings. The zero-order valence-electron chi connectivity index (χ0n) is 66.7. The highest BCUT2D eigenvalue weighted by atomic mass is 19.1. The van der Waals surface area contributed by atoms with Gasteiger partial charge in [-0.3, -0.25) is 0 Å². The molecule has 0 saturated carbocycles. The Kier molecular flexibility index (Phi) is 18.8. The maximum atomic E-state index is 15.2. The van der Waals surface area contributed by atoms with Gasteiger partial charge in [-0.15, -0.1) is 0 Å². The van der Waals surface area contributed by atoms with Gasteiger partial charge in [0.15, 0.2) is 36.0 Å². The Bertz CT molecular complexity index is 7470. The second kappa shape index (κ2) is 28.9. The van der Waals surface area contributed by atoms with Crippen molar-refractivity contribution >= 4 is 131 Å². The Labute approximate surface area is 660 Å². The first-order valence-corrected chi connectivity index (χ1v) is 38.7. The van der Waals surface area contributed by atoms with Gasteiger partial charge in [0.05, 0.1) is 33.0 Å². The molecule has 0 aliphatic rings. The molecule has 12 aromatic carbocycles. The smallest absolute Gasteiger partial charge is 0.216 e. The van der Waals surface area contributed by atoms with E-state index in [0.29, 0.717) is 99.2 Å². The van der Waals surface area contributed by atoms with Gasteiger partial charge >= 0.3 is 0 Å². The number of aryl methyl sites for hydroxylation is 11. The van der Waals surface area contributed by atoms with Crippen LogP contribution in [0.2, 0.25) is 0 Å². The van der Waals surface area contributed by atoms with Crippen LogP contribution in [0, 0.1) is 83.4 Å². The largest absolute Gasteiger partial charge is 0.455 e. The van der Waals surface area contributed by atoms with Crippen LogP contribution in [0.3, 0.4) is 0 Å². The van der Waals surface area contributed by atoms with Crippen LogP contribution >= 0.6 is 0 Å². The van der Waals surface area contributed by atoms with Crippen molar-refractivity contribution in [3.8, 4) is 45.0 Å². The molecule has 0 N–H and O–H groups in total. The SMILES string of the molecule is Cc1c[n+](C)c(-c2c(C)ccc3c2oc2cc(F)c4ccccc4c23)cc1C(C)C.Cc1cc(-c2c(C)ccc3c2oc2cc(F)c4ccccc4c23)[n+](C)cc1C(C)C.Cc1cc(F)c2c(oc3cc(F)c4ccccc4c32)c1-c1cccc[n+]1C.Cc1cc[n+](C)c(-c2c(C)cc(F)c3c2oc2cc(F)c4ccccc4c23)c1. The Balaban J connectivity index is 0.000000111. The van der Waals surface area contributed by atoms with Gasteiger partial charge in [0.2, 0.25) is 22.8 Å². The maximum absolute atomic E-state index is 15.2. The normalized spacial score (nSPS) is 11.9. The molecule has 8 aromatic heterocycles. The molecule has 8 nitrogen and oxygen atoms in total. The molecule has 0 atom stereocenters. The van der Waals surface area contributed by atoms with Crippen LogP contribution in [0.15, 0.2) is 243 Å². The molecule has 0 aliphatic heterocycles. The Morgan fingerprint density at radius 2 is 0.609 bits per heavy atom. The topological polar surface area (TPSA) is 68.1 Å². The zero-order valence-corrected chi connectivity index (χ0v) is 66.7. The highest BCUT2D eigenvalue weighted by Crippen LogP contribution is 2.47. The Morgan fingerprint density at radius 3 is 1.04 bits per heavy atom. The molecule has 570 valence electrons. The van der Waals surface area contributed by atoms with E-state index in [1.54, 1.807) is 36.4 Å². The number of hydrogen-bond acceptors (Lipinski definition) is 4. The third-order valence-corrected chi connectivity index (χ3v) is 23.0. The van der Waals surface area contributed by atoms with Crippen molar-refractivity contribution in [2.45, 2.75) is 88.0 Å². The quantitative estimate of drug-likeness (QED) is 0.123. The van der Waals surface area contributed by atoms with E-state index in [-0.39, 0.29) is 34.9 Å². The third kappa shape index (κ3) is 12.6. The highest BCUT2D eigenvalue weighted by molar-refractivity contribution is 6.25. The fraction of sp³-hybridized carbons (Fsp3) is 0.168. The second-order valence-corrected chi connectivity index (χ2v) is 31.3. The van der Waals surface area contributed by atoms with E-state index in [4.69, 9.17) is 17.7 Å². The molecule has 115 heavy (non-hydrogen) atoms. The van der Waals surface area contributed by atoms with Crippen LogP contribution in [0.5, 0.6) is 0 Å². The fourth-order valence-corrected chi connectivity index (χ4v) is 17.5. The van der Waals surface area contributed by atoms with E-state index in [1.165, 1.54) is 58.7 Å². The van der Waals surface area contributed by atoms with Crippen LogP contribution in [0.4, 0.5) is 26.3 Å². The number of pyridine rings is 4. The average molecular weight is 1530 g/mol. The van der Waals surface area contributed by atoms with Crippen molar-refractivity contribution in [3.63, 3.8) is 0 Å². The van der Waals surface area contributed by atoms with Gasteiger partial charge in [-0.25, -0.2) is 44.6 Å². The summed E-state index contributed by atoms with van der Waals surface area (Å²) in [4.78, 5) is 0. The molecular formula is C101H84F6N4O4+4. The molecule has 0 unspecified atom stereocenters. The van der Waals surface area contributed by atoms with Crippen molar-refractivity contribution in [2.75, 3.05) is 0 Å². The van der Waals surface area contributed by atoms with Crippen molar-refractivity contribution in [2.24, 2.45) is 28.2 Å².